The third-order valence-corrected chi connectivity index (χ3v) is 4.52. The topological polar surface area (TPSA) is 88.6 Å². The number of fused-ring (bicyclic) bond motifs is 3. The van der Waals surface area contributed by atoms with E-state index in [9.17, 15) is 13.2 Å². The molecule has 1 aliphatic heterocycles. The monoisotopic (exact) mass is 368 g/mol. The van der Waals surface area contributed by atoms with Gasteiger partial charge in [0.15, 0.2) is 11.2 Å². The Morgan fingerprint density at radius 2 is 2.20 bits per heavy atom. The van der Waals surface area contributed by atoms with Crippen LogP contribution in [-0.2, 0) is 11.3 Å². The van der Waals surface area contributed by atoms with Crippen molar-refractivity contribution in [1.29, 1.82) is 0 Å². The predicted octanol–water partition coefficient (Wildman–Crippen LogP) is 3.51. The molecule has 0 aromatic carbocycles. The maximum absolute atomic E-state index is 13.2. The summed E-state index contributed by atoms with van der Waals surface area (Å²) >= 11 is 1.19. The molecule has 4 rings (SSSR count). The standard InChI is InChI=1S/C14H11F3N6OS/c1-6-2-3-18-12(20-6)22-13-21-9-7-4-19-23-10(7)11(14(15,16)17)24-5-8(9)25-13/h2-4,11H,5H2,1H3,(H,19,23)(H,18,20,21,22). The number of aryl methyl sites for hydroxylation is 1. The molecule has 3 aromatic rings. The van der Waals surface area contributed by atoms with Crippen LogP contribution >= 0.6 is 11.3 Å². The molecule has 7 nitrogen and oxygen atoms in total. The molecule has 0 amide bonds. The van der Waals surface area contributed by atoms with Crippen LogP contribution in [0.2, 0.25) is 0 Å². The molecule has 1 aliphatic rings. The zero-order chi connectivity index (χ0) is 17.6. The summed E-state index contributed by atoms with van der Waals surface area (Å²) in [5.41, 5.74) is 1.33. The Labute approximate surface area is 143 Å². The minimum absolute atomic E-state index is 0.144. The Morgan fingerprint density at radius 1 is 1.36 bits per heavy atom. The third-order valence-electron chi connectivity index (χ3n) is 3.58. The lowest BCUT2D eigenvalue weighted by atomic mass is 10.1. The van der Waals surface area contributed by atoms with Crippen molar-refractivity contribution in [2.24, 2.45) is 0 Å². The molecule has 1 unspecified atom stereocenters. The number of thiazole rings is 1. The van der Waals surface area contributed by atoms with Gasteiger partial charge in [0.1, 0.15) is 0 Å². The number of H-pyrrole nitrogens is 1. The van der Waals surface area contributed by atoms with Gasteiger partial charge in [-0.25, -0.2) is 15.0 Å². The fraction of sp³-hybridized carbons (Fsp3) is 0.286. The number of halogens is 3. The van der Waals surface area contributed by atoms with Crippen molar-refractivity contribution >= 4 is 22.4 Å². The molecule has 1 atom stereocenters. The first-order valence-corrected chi connectivity index (χ1v) is 8.02. The van der Waals surface area contributed by atoms with Gasteiger partial charge in [-0.05, 0) is 13.0 Å². The van der Waals surface area contributed by atoms with Crippen LogP contribution in [0.3, 0.4) is 0 Å². The summed E-state index contributed by atoms with van der Waals surface area (Å²) in [7, 11) is 0. The molecule has 0 radical (unpaired) electrons. The van der Waals surface area contributed by atoms with Crippen LogP contribution in [0, 0.1) is 6.92 Å². The molecular weight excluding hydrogens is 357 g/mol. The quantitative estimate of drug-likeness (QED) is 0.720. The first kappa shape index (κ1) is 16.0. The van der Waals surface area contributed by atoms with Crippen LogP contribution in [0.1, 0.15) is 22.4 Å². The van der Waals surface area contributed by atoms with Gasteiger partial charge in [-0.15, -0.1) is 0 Å². The molecule has 0 spiro atoms. The Morgan fingerprint density at radius 3 is 2.96 bits per heavy atom. The molecule has 130 valence electrons. The van der Waals surface area contributed by atoms with E-state index in [1.807, 2.05) is 6.92 Å². The van der Waals surface area contributed by atoms with Crippen LogP contribution < -0.4 is 5.32 Å². The molecule has 0 aliphatic carbocycles. The molecule has 3 aromatic heterocycles. The van der Waals surface area contributed by atoms with E-state index in [1.165, 1.54) is 17.5 Å². The zero-order valence-electron chi connectivity index (χ0n) is 12.8. The van der Waals surface area contributed by atoms with E-state index in [0.717, 1.165) is 5.69 Å². The second-order valence-corrected chi connectivity index (χ2v) is 6.45. The van der Waals surface area contributed by atoms with E-state index in [0.29, 0.717) is 21.7 Å². The highest BCUT2D eigenvalue weighted by Gasteiger charge is 2.46. The predicted molar refractivity (Wildman–Crippen MR) is 83.3 cm³/mol. The average molecular weight is 368 g/mol. The van der Waals surface area contributed by atoms with Gasteiger partial charge in [0.2, 0.25) is 5.95 Å². The van der Waals surface area contributed by atoms with Crippen molar-refractivity contribution in [3.05, 3.63) is 34.7 Å². The Bertz CT molecular complexity index is 921. The third kappa shape index (κ3) is 2.96. The van der Waals surface area contributed by atoms with Crippen LogP contribution in [0.4, 0.5) is 24.3 Å². The lowest BCUT2D eigenvalue weighted by Crippen LogP contribution is -2.23. The van der Waals surface area contributed by atoms with Gasteiger partial charge in [-0.1, -0.05) is 11.3 Å². The van der Waals surface area contributed by atoms with Gasteiger partial charge in [-0.2, -0.15) is 18.3 Å². The van der Waals surface area contributed by atoms with Crippen LogP contribution in [0.5, 0.6) is 0 Å². The number of aromatic nitrogens is 5. The number of rotatable bonds is 2. The largest absolute Gasteiger partial charge is 0.420 e. The Balaban J connectivity index is 1.70. The molecule has 2 N–H and O–H groups in total. The maximum atomic E-state index is 13.2. The average Bonchev–Trinajstić information content (AvgIpc) is 3.11. The number of ether oxygens (including phenoxy) is 1. The fourth-order valence-corrected chi connectivity index (χ4v) is 3.40. The molecular formula is C14H11F3N6OS. The molecule has 25 heavy (non-hydrogen) atoms. The van der Waals surface area contributed by atoms with Crippen molar-refractivity contribution in [2.45, 2.75) is 25.8 Å². The summed E-state index contributed by atoms with van der Waals surface area (Å²) in [5, 5.41) is 9.55. The van der Waals surface area contributed by atoms with Crippen molar-refractivity contribution in [3.8, 4) is 11.3 Å². The molecule has 0 bridgehead atoms. The lowest BCUT2D eigenvalue weighted by Gasteiger charge is -2.18. The molecule has 0 saturated heterocycles. The molecule has 11 heteroatoms. The van der Waals surface area contributed by atoms with E-state index in [1.54, 1.807) is 12.3 Å². The number of nitrogens with one attached hydrogen (secondary N) is 2. The minimum atomic E-state index is -4.54. The van der Waals surface area contributed by atoms with Crippen molar-refractivity contribution < 1.29 is 17.9 Å². The first-order chi connectivity index (χ1) is 11.9. The van der Waals surface area contributed by atoms with Crippen LogP contribution in [0.15, 0.2) is 18.5 Å². The maximum Gasteiger partial charge on any atom is 0.420 e. The van der Waals surface area contributed by atoms with Crippen molar-refractivity contribution in [2.75, 3.05) is 5.32 Å². The fourth-order valence-electron chi connectivity index (χ4n) is 2.50. The van der Waals surface area contributed by atoms with Gasteiger partial charge in [-0.3, -0.25) is 5.10 Å². The van der Waals surface area contributed by atoms with Gasteiger partial charge >= 0.3 is 6.18 Å². The Kier molecular flexibility index (Phi) is 3.69. The molecule has 0 fully saturated rings. The van der Waals surface area contributed by atoms with Gasteiger partial charge in [0.05, 0.1) is 29.1 Å². The van der Waals surface area contributed by atoms with E-state index < -0.39 is 12.3 Å². The highest BCUT2D eigenvalue weighted by atomic mass is 32.1. The highest BCUT2D eigenvalue weighted by molar-refractivity contribution is 7.16. The number of nitrogens with zero attached hydrogens (tertiary/aromatic N) is 4. The summed E-state index contributed by atoms with van der Waals surface area (Å²) in [6, 6.07) is 1.76. The summed E-state index contributed by atoms with van der Waals surface area (Å²) in [4.78, 5) is 13.3. The number of hydrogen-bond acceptors (Lipinski definition) is 7. The summed E-state index contributed by atoms with van der Waals surface area (Å²) in [6.45, 7) is 1.63. The first-order valence-electron chi connectivity index (χ1n) is 7.20. The smallest absolute Gasteiger partial charge is 0.357 e. The number of anilines is 2. The molecule has 0 saturated carbocycles. The molecule has 4 heterocycles. The van der Waals surface area contributed by atoms with E-state index in [-0.39, 0.29) is 17.9 Å². The SMILES string of the molecule is Cc1ccnc(Nc2nc3c(s2)COC(C(F)(F)F)c2[nH]ncc2-3)n1. The van der Waals surface area contributed by atoms with Gasteiger partial charge in [0, 0.05) is 17.5 Å². The second kappa shape index (κ2) is 5.77. The number of hydrogen-bond donors (Lipinski definition) is 2. The highest BCUT2D eigenvalue weighted by Crippen LogP contribution is 2.45. The minimum Gasteiger partial charge on any atom is -0.357 e. The summed E-state index contributed by atoms with van der Waals surface area (Å²) in [5.74, 6) is 0.366. The number of aromatic amines is 1. The zero-order valence-corrected chi connectivity index (χ0v) is 13.6. The lowest BCUT2D eigenvalue weighted by molar-refractivity contribution is -0.227. The normalized spacial score (nSPS) is 16.9. The number of alkyl halides is 3. The van der Waals surface area contributed by atoms with Gasteiger partial charge in [0.25, 0.3) is 0 Å². The Hall–Kier alpha value is -2.53. The summed E-state index contributed by atoms with van der Waals surface area (Å²) < 4.78 is 44.7. The summed E-state index contributed by atoms with van der Waals surface area (Å²) in [6.07, 6.45) is -3.66. The van der Waals surface area contributed by atoms with Crippen LogP contribution in [-0.4, -0.2) is 31.3 Å². The van der Waals surface area contributed by atoms with Crippen molar-refractivity contribution in [1.82, 2.24) is 25.1 Å². The van der Waals surface area contributed by atoms with E-state index in [4.69, 9.17) is 4.74 Å². The van der Waals surface area contributed by atoms with Gasteiger partial charge < -0.3 is 10.1 Å². The van der Waals surface area contributed by atoms with E-state index in [2.05, 4.69) is 30.5 Å². The van der Waals surface area contributed by atoms with Crippen molar-refractivity contribution in [3.63, 3.8) is 0 Å². The second-order valence-electron chi connectivity index (χ2n) is 5.37. The van der Waals surface area contributed by atoms with E-state index >= 15 is 0 Å². The van der Waals surface area contributed by atoms with Crippen LogP contribution in [0.25, 0.3) is 11.3 Å².